The molecular weight excluding hydrogens is 114 g/mol. The molecule has 0 aliphatic carbocycles. The molecule has 0 fully saturated rings. The topological polar surface area (TPSA) is 28.0 Å². The Balaban J connectivity index is 2.74. The van der Waals surface area contributed by atoms with Gasteiger partial charge in [0.15, 0.2) is 0 Å². The Kier molecular flexibility index (Phi) is 1.51. The average molecular weight is 125 g/mol. The number of rotatable bonds is 0. The fourth-order valence-corrected chi connectivity index (χ4v) is 0.723. The molecule has 9 heavy (non-hydrogen) atoms. The van der Waals surface area contributed by atoms with Crippen LogP contribution in [0.15, 0.2) is 10.2 Å². The summed E-state index contributed by atoms with van der Waals surface area (Å²) in [7, 11) is 2.01. The fraction of sp³-hybridized carbons (Fsp3) is 0.667. The van der Waals surface area contributed by atoms with E-state index < -0.39 is 0 Å². The number of hydrogen-bond acceptors (Lipinski definition) is 3. The van der Waals surface area contributed by atoms with E-state index in [-0.39, 0.29) is 0 Å². The summed E-state index contributed by atoms with van der Waals surface area (Å²) in [6.45, 7) is 4.84. The van der Waals surface area contributed by atoms with Gasteiger partial charge in [-0.05, 0) is 13.8 Å². The third-order valence-electron chi connectivity index (χ3n) is 1.38. The minimum atomic E-state index is 0.912. The van der Waals surface area contributed by atoms with Crippen LogP contribution in [0.4, 0.5) is 0 Å². The van der Waals surface area contributed by atoms with Gasteiger partial charge >= 0.3 is 0 Å². The SMILES string of the molecule is CC1=NN=C(C)N(C)C1. The second-order valence-electron chi connectivity index (χ2n) is 2.34. The van der Waals surface area contributed by atoms with Crippen molar-refractivity contribution < 1.29 is 0 Å². The Morgan fingerprint density at radius 3 is 2.44 bits per heavy atom. The molecule has 1 heterocycles. The smallest absolute Gasteiger partial charge is 0.124 e. The van der Waals surface area contributed by atoms with Gasteiger partial charge in [0.25, 0.3) is 0 Å². The van der Waals surface area contributed by atoms with Crippen molar-refractivity contribution in [1.29, 1.82) is 0 Å². The van der Waals surface area contributed by atoms with E-state index in [2.05, 4.69) is 15.1 Å². The third-order valence-corrected chi connectivity index (χ3v) is 1.38. The fourth-order valence-electron chi connectivity index (χ4n) is 0.723. The molecule has 1 rings (SSSR count). The van der Waals surface area contributed by atoms with E-state index in [1.807, 2.05) is 20.9 Å². The lowest BCUT2D eigenvalue weighted by atomic mass is 10.4. The lowest BCUT2D eigenvalue weighted by molar-refractivity contribution is 0.561. The van der Waals surface area contributed by atoms with E-state index in [1.54, 1.807) is 0 Å². The van der Waals surface area contributed by atoms with Crippen molar-refractivity contribution in [3.63, 3.8) is 0 Å². The molecule has 0 spiro atoms. The van der Waals surface area contributed by atoms with Crippen molar-refractivity contribution in [2.75, 3.05) is 13.6 Å². The van der Waals surface area contributed by atoms with E-state index >= 15 is 0 Å². The maximum Gasteiger partial charge on any atom is 0.124 e. The molecule has 0 aromatic rings. The molecule has 1 aliphatic heterocycles. The van der Waals surface area contributed by atoms with Crippen molar-refractivity contribution in [3.05, 3.63) is 0 Å². The molecule has 0 atom stereocenters. The molecule has 0 saturated carbocycles. The highest BCUT2D eigenvalue weighted by atomic mass is 15.3. The molecule has 1 aliphatic rings. The third kappa shape index (κ3) is 1.28. The van der Waals surface area contributed by atoms with Gasteiger partial charge < -0.3 is 4.90 Å². The first-order valence-electron chi connectivity index (χ1n) is 2.99. The van der Waals surface area contributed by atoms with Crippen LogP contribution in [0.2, 0.25) is 0 Å². The zero-order chi connectivity index (χ0) is 6.85. The summed E-state index contributed by atoms with van der Waals surface area (Å²) < 4.78 is 0. The first-order chi connectivity index (χ1) is 4.20. The second kappa shape index (κ2) is 2.17. The van der Waals surface area contributed by atoms with Crippen LogP contribution >= 0.6 is 0 Å². The molecule has 0 unspecified atom stereocenters. The predicted molar refractivity (Wildman–Crippen MR) is 38.8 cm³/mol. The number of amidine groups is 1. The van der Waals surface area contributed by atoms with Crippen LogP contribution in [0, 0.1) is 0 Å². The largest absolute Gasteiger partial charge is 0.356 e. The average Bonchev–Trinajstić information content (AvgIpc) is 1.80. The summed E-state index contributed by atoms with van der Waals surface area (Å²) in [4.78, 5) is 2.07. The van der Waals surface area contributed by atoms with Gasteiger partial charge in [-0.2, -0.15) is 5.10 Å². The Bertz CT molecular complexity index is 169. The standard InChI is InChI=1S/C6H11N3/c1-5-4-9(3)6(2)8-7-5/h4H2,1-3H3. The van der Waals surface area contributed by atoms with Crippen LogP contribution in [0.5, 0.6) is 0 Å². The summed E-state index contributed by atoms with van der Waals surface area (Å²) in [5.41, 5.74) is 1.07. The van der Waals surface area contributed by atoms with Crippen LogP contribution in [0.25, 0.3) is 0 Å². The molecule has 0 bridgehead atoms. The highest BCUT2D eigenvalue weighted by Gasteiger charge is 2.05. The lowest BCUT2D eigenvalue weighted by Crippen LogP contribution is -2.31. The summed E-state index contributed by atoms with van der Waals surface area (Å²) in [5.74, 6) is 0.987. The zero-order valence-electron chi connectivity index (χ0n) is 6.05. The zero-order valence-corrected chi connectivity index (χ0v) is 6.05. The van der Waals surface area contributed by atoms with Crippen molar-refractivity contribution in [2.45, 2.75) is 13.8 Å². The highest BCUT2D eigenvalue weighted by Crippen LogP contribution is 1.96. The van der Waals surface area contributed by atoms with Crippen molar-refractivity contribution in [3.8, 4) is 0 Å². The van der Waals surface area contributed by atoms with Gasteiger partial charge in [0.2, 0.25) is 0 Å². The number of nitrogens with zero attached hydrogens (tertiary/aromatic N) is 3. The maximum absolute atomic E-state index is 3.92. The van der Waals surface area contributed by atoms with E-state index in [9.17, 15) is 0 Å². The normalized spacial score (nSPS) is 19.2. The van der Waals surface area contributed by atoms with Crippen LogP contribution in [-0.2, 0) is 0 Å². The van der Waals surface area contributed by atoms with Gasteiger partial charge in [0, 0.05) is 7.05 Å². The van der Waals surface area contributed by atoms with Gasteiger partial charge in [-0.25, -0.2) is 0 Å². The van der Waals surface area contributed by atoms with E-state index in [0.717, 1.165) is 18.1 Å². The lowest BCUT2D eigenvalue weighted by Gasteiger charge is -2.19. The minimum absolute atomic E-state index is 0.912. The molecule has 0 N–H and O–H groups in total. The van der Waals surface area contributed by atoms with Crippen molar-refractivity contribution in [1.82, 2.24) is 4.90 Å². The van der Waals surface area contributed by atoms with E-state index in [4.69, 9.17) is 0 Å². The summed E-state index contributed by atoms with van der Waals surface area (Å²) in [6.07, 6.45) is 0. The second-order valence-corrected chi connectivity index (χ2v) is 2.34. The molecule has 50 valence electrons. The summed E-state index contributed by atoms with van der Waals surface area (Å²) >= 11 is 0. The molecule has 0 saturated heterocycles. The monoisotopic (exact) mass is 125 g/mol. The molecule has 0 radical (unpaired) electrons. The molecular formula is C6H11N3. The maximum atomic E-state index is 3.92. The Hall–Kier alpha value is -0.860. The van der Waals surface area contributed by atoms with Gasteiger partial charge in [-0.15, -0.1) is 5.10 Å². The Labute approximate surface area is 55.1 Å². The van der Waals surface area contributed by atoms with Gasteiger partial charge in [-0.1, -0.05) is 0 Å². The van der Waals surface area contributed by atoms with Crippen molar-refractivity contribution in [2.24, 2.45) is 10.2 Å². The predicted octanol–water partition coefficient (Wildman–Crippen LogP) is 0.726. The summed E-state index contributed by atoms with van der Waals surface area (Å²) in [6, 6.07) is 0. The molecule has 0 aromatic carbocycles. The van der Waals surface area contributed by atoms with Crippen LogP contribution in [0.1, 0.15) is 13.8 Å². The van der Waals surface area contributed by atoms with Gasteiger partial charge in [0.1, 0.15) is 5.84 Å². The molecule has 3 heteroatoms. The molecule has 0 amide bonds. The van der Waals surface area contributed by atoms with Crippen molar-refractivity contribution >= 4 is 11.5 Å². The molecule has 3 nitrogen and oxygen atoms in total. The highest BCUT2D eigenvalue weighted by molar-refractivity contribution is 5.92. The summed E-state index contributed by atoms with van der Waals surface area (Å²) in [5, 5.41) is 7.85. The van der Waals surface area contributed by atoms with Gasteiger partial charge in [0.05, 0.1) is 12.3 Å². The number of hydrogen-bond donors (Lipinski definition) is 0. The Morgan fingerprint density at radius 2 is 2.00 bits per heavy atom. The van der Waals surface area contributed by atoms with Gasteiger partial charge in [-0.3, -0.25) is 0 Å². The minimum Gasteiger partial charge on any atom is -0.356 e. The van der Waals surface area contributed by atoms with Crippen LogP contribution in [0.3, 0.4) is 0 Å². The Morgan fingerprint density at radius 1 is 1.33 bits per heavy atom. The van der Waals surface area contributed by atoms with E-state index in [1.165, 1.54) is 0 Å². The first kappa shape index (κ1) is 6.26. The first-order valence-corrected chi connectivity index (χ1v) is 2.99. The molecule has 0 aromatic heterocycles. The quantitative estimate of drug-likeness (QED) is 0.469. The van der Waals surface area contributed by atoms with E-state index in [0.29, 0.717) is 0 Å². The van der Waals surface area contributed by atoms with Crippen LogP contribution < -0.4 is 0 Å². The van der Waals surface area contributed by atoms with Crippen LogP contribution in [-0.4, -0.2) is 30.0 Å².